The van der Waals surface area contributed by atoms with Crippen molar-refractivity contribution in [3.05, 3.63) is 22.2 Å². The molecular formula is C19H29BClNO3. The molecule has 0 bridgehead atoms. The highest BCUT2D eigenvalue weighted by atomic mass is 35.5. The summed E-state index contributed by atoms with van der Waals surface area (Å²) in [5.41, 5.74) is 2.61. The summed E-state index contributed by atoms with van der Waals surface area (Å²) in [5, 5.41) is 14.8. The summed E-state index contributed by atoms with van der Waals surface area (Å²) in [6, 6.07) is 2.04. The molecule has 2 aliphatic rings. The van der Waals surface area contributed by atoms with E-state index < -0.39 is 30.0 Å². The van der Waals surface area contributed by atoms with Gasteiger partial charge in [0.2, 0.25) is 0 Å². The predicted octanol–water partition coefficient (Wildman–Crippen LogP) is 3.62. The van der Waals surface area contributed by atoms with E-state index >= 15 is 0 Å². The van der Waals surface area contributed by atoms with Crippen LogP contribution in [0, 0.1) is 6.92 Å². The zero-order valence-electron chi connectivity index (χ0n) is 16.5. The summed E-state index contributed by atoms with van der Waals surface area (Å²) in [7, 11) is -0.513. The van der Waals surface area contributed by atoms with E-state index in [1.54, 1.807) is 0 Å². The van der Waals surface area contributed by atoms with E-state index in [-0.39, 0.29) is 5.92 Å². The third-order valence-corrected chi connectivity index (χ3v) is 6.57. The maximum Gasteiger partial charge on any atom is 0.496 e. The lowest BCUT2D eigenvalue weighted by Crippen LogP contribution is -2.50. The average molecular weight is 366 g/mol. The SMILES string of the molecule is Cc1cc(B2OC(C)(C)C(C)(C)O2)c(Cl)c2c1NC(C)(C)C(O)C2C. The van der Waals surface area contributed by atoms with Crippen molar-refractivity contribution in [3.8, 4) is 0 Å². The summed E-state index contributed by atoms with van der Waals surface area (Å²) in [6.07, 6.45) is -0.537. The molecule has 2 heterocycles. The van der Waals surface area contributed by atoms with Crippen molar-refractivity contribution in [1.29, 1.82) is 0 Å². The number of benzene rings is 1. The van der Waals surface area contributed by atoms with Crippen LogP contribution in [-0.4, -0.2) is 35.1 Å². The van der Waals surface area contributed by atoms with Gasteiger partial charge in [0.25, 0.3) is 0 Å². The maximum absolute atomic E-state index is 10.7. The molecule has 25 heavy (non-hydrogen) atoms. The zero-order chi connectivity index (χ0) is 18.9. The molecule has 0 saturated carbocycles. The van der Waals surface area contributed by atoms with Crippen LogP contribution in [0.5, 0.6) is 0 Å². The Morgan fingerprint density at radius 1 is 1.12 bits per heavy atom. The Morgan fingerprint density at radius 2 is 1.64 bits per heavy atom. The number of hydrogen-bond acceptors (Lipinski definition) is 4. The first-order valence-corrected chi connectivity index (χ1v) is 9.31. The highest BCUT2D eigenvalue weighted by Crippen LogP contribution is 2.44. The fourth-order valence-electron chi connectivity index (χ4n) is 3.76. The summed E-state index contributed by atoms with van der Waals surface area (Å²) in [4.78, 5) is 0. The number of aliphatic hydroxyl groups excluding tert-OH is 1. The molecule has 6 heteroatoms. The molecule has 1 fully saturated rings. The molecule has 0 amide bonds. The van der Waals surface area contributed by atoms with Gasteiger partial charge in [0.15, 0.2) is 0 Å². The van der Waals surface area contributed by atoms with Crippen LogP contribution in [0.4, 0.5) is 5.69 Å². The van der Waals surface area contributed by atoms with E-state index in [9.17, 15) is 5.11 Å². The quantitative estimate of drug-likeness (QED) is 0.746. The molecule has 1 saturated heterocycles. The first-order valence-electron chi connectivity index (χ1n) is 8.93. The Morgan fingerprint density at radius 3 is 2.16 bits per heavy atom. The van der Waals surface area contributed by atoms with E-state index in [0.717, 1.165) is 22.3 Å². The lowest BCUT2D eigenvalue weighted by molar-refractivity contribution is 0.00578. The number of nitrogens with one attached hydrogen (secondary N) is 1. The molecule has 1 aromatic rings. The van der Waals surface area contributed by atoms with Gasteiger partial charge < -0.3 is 19.7 Å². The van der Waals surface area contributed by atoms with Crippen LogP contribution in [0.1, 0.15) is 65.5 Å². The van der Waals surface area contributed by atoms with Gasteiger partial charge >= 0.3 is 7.12 Å². The van der Waals surface area contributed by atoms with E-state index in [2.05, 4.69) is 12.2 Å². The summed E-state index contributed by atoms with van der Waals surface area (Å²) in [6.45, 7) is 16.2. The number of rotatable bonds is 1. The molecule has 138 valence electrons. The lowest BCUT2D eigenvalue weighted by atomic mass is 9.72. The second-order valence-electron chi connectivity index (χ2n) is 9.05. The highest BCUT2D eigenvalue weighted by molar-refractivity contribution is 6.66. The van der Waals surface area contributed by atoms with E-state index in [1.165, 1.54) is 0 Å². The fourth-order valence-corrected chi connectivity index (χ4v) is 4.17. The van der Waals surface area contributed by atoms with Crippen LogP contribution >= 0.6 is 11.6 Å². The number of fused-ring (bicyclic) bond motifs is 1. The fraction of sp³-hybridized carbons (Fsp3) is 0.684. The standard InChI is InChI=1S/C19H29BClNO3/c1-10-9-12(20-24-18(5,6)19(7,8)25-20)14(21)13-11(2)16(23)17(3,4)22-15(10)13/h9,11,16,22-23H,1-8H3. The Kier molecular flexibility index (Phi) is 4.28. The highest BCUT2D eigenvalue weighted by Gasteiger charge is 2.53. The molecule has 2 aliphatic heterocycles. The molecule has 2 N–H and O–H groups in total. The molecule has 3 rings (SSSR count). The molecule has 0 aromatic heterocycles. The summed E-state index contributed by atoms with van der Waals surface area (Å²) in [5.74, 6) is -0.0835. The van der Waals surface area contributed by atoms with E-state index in [4.69, 9.17) is 20.9 Å². The van der Waals surface area contributed by atoms with Crippen LogP contribution < -0.4 is 10.8 Å². The molecule has 2 atom stereocenters. The molecule has 0 aliphatic carbocycles. The van der Waals surface area contributed by atoms with Crippen molar-refractivity contribution in [1.82, 2.24) is 0 Å². The summed E-state index contributed by atoms with van der Waals surface area (Å²) < 4.78 is 12.4. The zero-order valence-corrected chi connectivity index (χ0v) is 17.2. The van der Waals surface area contributed by atoms with Crippen molar-refractivity contribution >= 4 is 29.9 Å². The largest absolute Gasteiger partial charge is 0.496 e. The van der Waals surface area contributed by atoms with E-state index in [0.29, 0.717) is 5.02 Å². The minimum Gasteiger partial charge on any atom is -0.399 e. The number of hydrogen-bond donors (Lipinski definition) is 2. The van der Waals surface area contributed by atoms with Gasteiger partial charge in [-0.15, -0.1) is 0 Å². The minimum atomic E-state index is -0.537. The molecule has 1 aromatic carbocycles. The van der Waals surface area contributed by atoms with E-state index in [1.807, 2.05) is 54.5 Å². The predicted molar refractivity (Wildman–Crippen MR) is 104 cm³/mol. The topological polar surface area (TPSA) is 50.7 Å². The maximum atomic E-state index is 10.7. The summed E-state index contributed by atoms with van der Waals surface area (Å²) >= 11 is 6.81. The van der Waals surface area contributed by atoms with Gasteiger partial charge in [0.05, 0.1) is 22.8 Å². The molecule has 4 nitrogen and oxygen atoms in total. The number of aryl methyl sites for hydroxylation is 1. The molecule has 2 unspecified atom stereocenters. The van der Waals surface area contributed by atoms with Gasteiger partial charge in [-0.1, -0.05) is 24.6 Å². The van der Waals surface area contributed by atoms with Crippen LogP contribution in [0.25, 0.3) is 0 Å². The minimum absolute atomic E-state index is 0.0835. The third-order valence-electron chi connectivity index (χ3n) is 6.15. The van der Waals surface area contributed by atoms with Crippen molar-refractivity contribution in [2.75, 3.05) is 5.32 Å². The van der Waals surface area contributed by atoms with Crippen molar-refractivity contribution < 1.29 is 14.4 Å². The number of anilines is 1. The second kappa shape index (κ2) is 5.62. The van der Waals surface area contributed by atoms with Crippen LogP contribution in [0.3, 0.4) is 0 Å². The second-order valence-corrected chi connectivity index (χ2v) is 9.43. The third kappa shape index (κ3) is 2.80. The van der Waals surface area contributed by atoms with Gasteiger partial charge in [0.1, 0.15) is 0 Å². The number of aliphatic hydroxyl groups is 1. The van der Waals surface area contributed by atoms with Crippen LogP contribution in [0.15, 0.2) is 6.07 Å². The molecular weight excluding hydrogens is 336 g/mol. The van der Waals surface area contributed by atoms with Gasteiger partial charge in [-0.05, 0) is 59.6 Å². The Balaban J connectivity index is 2.10. The number of halogens is 1. The smallest absolute Gasteiger partial charge is 0.399 e. The van der Waals surface area contributed by atoms with Crippen LogP contribution in [0.2, 0.25) is 5.02 Å². The first kappa shape index (κ1) is 19.0. The Hall–Kier alpha value is -0.745. The van der Waals surface area contributed by atoms with Gasteiger partial charge in [-0.3, -0.25) is 0 Å². The normalized spacial score (nSPS) is 29.3. The molecule has 0 spiro atoms. The Labute approximate surface area is 156 Å². The van der Waals surface area contributed by atoms with Crippen LogP contribution in [-0.2, 0) is 9.31 Å². The first-order chi connectivity index (χ1) is 11.3. The van der Waals surface area contributed by atoms with Crippen molar-refractivity contribution in [2.45, 2.75) is 84.2 Å². The monoisotopic (exact) mass is 365 g/mol. The van der Waals surface area contributed by atoms with Gasteiger partial charge in [0, 0.05) is 22.1 Å². The lowest BCUT2D eigenvalue weighted by Gasteiger charge is -2.43. The Bertz CT molecular complexity index is 701. The average Bonchev–Trinajstić information content (AvgIpc) is 2.68. The van der Waals surface area contributed by atoms with Gasteiger partial charge in [-0.2, -0.15) is 0 Å². The van der Waals surface area contributed by atoms with Crippen molar-refractivity contribution in [2.24, 2.45) is 0 Å². The molecule has 0 radical (unpaired) electrons. The van der Waals surface area contributed by atoms with Crippen molar-refractivity contribution in [3.63, 3.8) is 0 Å². The van der Waals surface area contributed by atoms with Gasteiger partial charge in [-0.25, -0.2) is 0 Å².